The normalized spacial score (nSPS) is 17.5. The zero-order valence-corrected chi connectivity index (χ0v) is 21.3. The van der Waals surface area contributed by atoms with Gasteiger partial charge in [0, 0.05) is 5.56 Å². The van der Waals surface area contributed by atoms with Gasteiger partial charge < -0.3 is 5.11 Å². The minimum absolute atomic E-state index is 0.0854. The summed E-state index contributed by atoms with van der Waals surface area (Å²) < 4.78 is 71.6. The molecule has 202 valence electrons. The first kappa shape index (κ1) is 27.8. The number of unbranched alkanes of at least 4 members (excludes halogenated alkanes) is 3. The molecule has 38 heavy (non-hydrogen) atoms. The van der Waals surface area contributed by atoms with Crippen molar-refractivity contribution in [1.82, 2.24) is 0 Å². The van der Waals surface area contributed by atoms with Crippen LogP contribution in [0.2, 0.25) is 0 Å². The predicted octanol–water partition coefficient (Wildman–Crippen LogP) is 9.66. The average Bonchev–Trinajstić information content (AvgIpc) is 2.89. The molecule has 0 atom stereocenters. The number of carbonyl (C=O) groups is 1. The molecular formula is C31H31F5O2. The zero-order chi connectivity index (χ0) is 27.4. The summed E-state index contributed by atoms with van der Waals surface area (Å²) in [5, 5.41) is 9.32. The summed E-state index contributed by atoms with van der Waals surface area (Å²) in [6.45, 7) is 2.21. The molecule has 0 aromatic heterocycles. The lowest BCUT2D eigenvalue weighted by atomic mass is 9.77. The topological polar surface area (TPSA) is 37.3 Å². The van der Waals surface area contributed by atoms with Crippen LogP contribution >= 0.6 is 0 Å². The van der Waals surface area contributed by atoms with Gasteiger partial charge in [0.15, 0.2) is 17.5 Å². The van der Waals surface area contributed by atoms with E-state index in [0.29, 0.717) is 23.6 Å². The van der Waals surface area contributed by atoms with E-state index in [-0.39, 0.29) is 5.56 Å². The zero-order valence-electron chi connectivity index (χ0n) is 21.3. The summed E-state index contributed by atoms with van der Waals surface area (Å²) in [6.07, 6.45) is 10.8. The fraction of sp³-hybridized carbons (Fsp3) is 0.387. The van der Waals surface area contributed by atoms with Gasteiger partial charge in [-0.3, -0.25) is 0 Å². The molecule has 0 aliphatic heterocycles. The number of hydrogen-bond donors (Lipinski definition) is 1. The Labute approximate surface area is 219 Å². The first-order valence-corrected chi connectivity index (χ1v) is 13.2. The van der Waals surface area contributed by atoms with Crippen molar-refractivity contribution in [3.05, 3.63) is 82.7 Å². The molecule has 0 spiro atoms. The molecule has 1 aliphatic rings. The highest BCUT2D eigenvalue weighted by atomic mass is 19.2. The Morgan fingerprint density at radius 1 is 0.789 bits per heavy atom. The number of hydrogen-bond acceptors (Lipinski definition) is 1. The molecule has 0 radical (unpaired) electrons. The van der Waals surface area contributed by atoms with Gasteiger partial charge in [-0.05, 0) is 78.0 Å². The molecule has 0 heterocycles. The van der Waals surface area contributed by atoms with Gasteiger partial charge >= 0.3 is 5.97 Å². The highest BCUT2D eigenvalue weighted by molar-refractivity contribution is 5.94. The van der Waals surface area contributed by atoms with Crippen molar-refractivity contribution in [1.29, 1.82) is 0 Å². The molecule has 0 bridgehead atoms. The van der Waals surface area contributed by atoms with Crippen LogP contribution in [-0.4, -0.2) is 11.1 Å². The molecule has 1 N–H and O–H groups in total. The summed E-state index contributed by atoms with van der Waals surface area (Å²) in [5.41, 5.74) is -0.847. The maximum absolute atomic E-state index is 15.4. The van der Waals surface area contributed by atoms with Crippen LogP contribution in [0.1, 0.15) is 86.6 Å². The van der Waals surface area contributed by atoms with Crippen molar-refractivity contribution < 1.29 is 31.9 Å². The van der Waals surface area contributed by atoms with Crippen LogP contribution in [0.15, 0.2) is 42.5 Å². The molecule has 3 aromatic rings. The molecular weight excluding hydrogens is 499 g/mol. The van der Waals surface area contributed by atoms with Crippen LogP contribution in [0.4, 0.5) is 22.0 Å². The van der Waals surface area contributed by atoms with E-state index in [4.69, 9.17) is 0 Å². The number of aromatic carboxylic acids is 1. The summed E-state index contributed by atoms with van der Waals surface area (Å²) >= 11 is 0. The van der Waals surface area contributed by atoms with Gasteiger partial charge in [-0.2, -0.15) is 0 Å². The van der Waals surface area contributed by atoms with Crippen molar-refractivity contribution >= 4 is 5.97 Å². The van der Waals surface area contributed by atoms with Crippen molar-refractivity contribution in [2.45, 2.75) is 70.6 Å². The third-order valence-electron chi connectivity index (χ3n) is 7.71. The summed E-state index contributed by atoms with van der Waals surface area (Å²) in [4.78, 5) is 11.5. The molecule has 1 aliphatic carbocycles. The number of rotatable bonds is 9. The SMILES string of the molecule is CCCCCCC1CCC(c2ccc(-c3cc(F)c(C(=O)O)c(F)c3-c3cc(F)c(F)c(F)c3)cc2)CC1. The first-order valence-electron chi connectivity index (χ1n) is 13.2. The van der Waals surface area contributed by atoms with Gasteiger partial charge in [-0.1, -0.05) is 63.3 Å². The average molecular weight is 531 g/mol. The van der Waals surface area contributed by atoms with Crippen LogP contribution in [-0.2, 0) is 0 Å². The standard InChI is InChI=1S/C31H31F5O2/c1-2-3-4-5-6-18-7-9-19(10-8-18)20-11-13-21(14-12-20)23-17-24(32)28(31(37)38)30(36)27(23)22-15-25(33)29(35)26(34)16-22/h11-19H,2-10H2,1H3,(H,37,38). The molecule has 2 nitrogen and oxygen atoms in total. The maximum atomic E-state index is 15.4. The van der Waals surface area contributed by atoms with Crippen molar-refractivity contribution in [3.63, 3.8) is 0 Å². The maximum Gasteiger partial charge on any atom is 0.341 e. The van der Waals surface area contributed by atoms with E-state index >= 15 is 4.39 Å². The van der Waals surface area contributed by atoms with Gasteiger partial charge in [0.05, 0.1) is 0 Å². The number of carboxylic acid groups (broad SMARTS) is 1. The predicted molar refractivity (Wildman–Crippen MR) is 138 cm³/mol. The van der Waals surface area contributed by atoms with Gasteiger partial charge in [-0.15, -0.1) is 0 Å². The van der Waals surface area contributed by atoms with E-state index in [1.165, 1.54) is 32.1 Å². The lowest BCUT2D eigenvalue weighted by molar-refractivity contribution is 0.0686. The number of halogens is 5. The van der Waals surface area contributed by atoms with E-state index < -0.39 is 51.7 Å². The van der Waals surface area contributed by atoms with Crippen LogP contribution in [0.25, 0.3) is 22.3 Å². The molecule has 4 rings (SSSR count). The largest absolute Gasteiger partial charge is 0.477 e. The lowest BCUT2D eigenvalue weighted by Gasteiger charge is -2.29. The van der Waals surface area contributed by atoms with Gasteiger partial charge in [0.2, 0.25) is 0 Å². The fourth-order valence-electron chi connectivity index (χ4n) is 5.60. The third kappa shape index (κ3) is 5.92. The van der Waals surface area contributed by atoms with Crippen LogP contribution < -0.4 is 0 Å². The van der Waals surface area contributed by atoms with E-state index in [9.17, 15) is 27.5 Å². The van der Waals surface area contributed by atoms with Gasteiger partial charge in [0.25, 0.3) is 0 Å². The minimum atomic E-state index is -1.87. The summed E-state index contributed by atoms with van der Waals surface area (Å²) in [5.74, 6) is -8.43. The highest BCUT2D eigenvalue weighted by Gasteiger charge is 2.27. The molecule has 3 aromatic carbocycles. The molecule has 0 unspecified atom stereocenters. The lowest BCUT2D eigenvalue weighted by Crippen LogP contribution is -2.13. The monoisotopic (exact) mass is 530 g/mol. The van der Waals surface area contributed by atoms with Crippen LogP contribution in [0, 0.1) is 35.0 Å². The van der Waals surface area contributed by atoms with E-state index in [0.717, 1.165) is 43.2 Å². The second kappa shape index (κ2) is 12.1. The summed E-state index contributed by atoms with van der Waals surface area (Å²) in [6, 6.07) is 9.05. The quantitative estimate of drug-likeness (QED) is 0.170. The Bertz CT molecular complexity index is 1270. The van der Waals surface area contributed by atoms with Crippen molar-refractivity contribution in [2.24, 2.45) is 5.92 Å². The number of carboxylic acids is 1. The highest BCUT2D eigenvalue weighted by Crippen LogP contribution is 2.41. The molecule has 1 saturated carbocycles. The van der Waals surface area contributed by atoms with E-state index in [1.807, 2.05) is 12.1 Å². The third-order valence-corrected chi connectivity index (χ3v) is 7.71. The number of benzene rings is 3. The van der Waals surface area contributed by atoms with Gasteiger partial charge in [-0.25, -0.2) is 26.7 Å². The Balaban J connectivity index is 1.62. The Morgan fingerprint density at radius 2 is 1.42 bits per heavy atom. The first-order chi connectivity index (χ1) is 18.2. The molecule has 0 amide bonds. The second-order valence-electron chi connectivity index (χ2n) is 10.2. The molecule has 1 fully saturated rings. The van der Waals surface area contributed by atoms with E-state index in [2.05, 4.69) is 6.92 Å². The fourth-order valence-corrected chi connectivity index (χ4v) is 5.60. The molecule has 0 saturated heterocycles. The smallest absolute Gasteiger partial charge is 0.341 e. The van der Waals surface area contributed by atoms with E-state index in [1.54, 1.807) is 12.1 Å². The Kier molecular flexibility index (Phi) is 8.85. The van der Waals surface area contributed by atoms with Crippen molar-refractivity contribution in [2.75, 3.05) is 0 Å². The minimum Gasteiger partial charge on any atom is -0.477 e. The summed E-state index contributed by atoms with van der Waals surface area (Å²) in [7, 11) is 0. The second-order valence-corrected chi connectivity index (χ2v) is 10.2. The molecule has 7 heteroatoms. The van der Waals surface area contributed by atoms with Crippen LogP contribution in [0.3, 0.4) is 0 Å². The Morgan fingerprint density at radius 3 is 2.00 bits per heavy atom. The van der Waals surface area contributed by atoms with Crippen LogP contribution in [0.5, 0.6) is 0 Å². The Hall–Kier alpha value is -3.22. The van der Waals surface area contributed by atoms with Crippen molar-refractivity contribution in [3.8, 4) is 22.3 Å². The van der Waals surface area contributed by atoms with Gasteiger partial charge in [0.1, 0.15) is 17.2 Å².